The number of hydrogen-bond donors (Lipinski definition) is 0. The molecule has 151 valence electrons. The highest BCUT2D eigenvalue weighted by Crippen LogP contribution is 2.30. The molecule has 5 heteroatoms. The van der Waals surface area contributed by atoms with Crippen molar-refractivity contribution in [1.29, 1.82) is 0 Å². The van der Waals surface area contributed by atoms with Gasteiger partial charge in [0.2, 0.25) is 0 Å². The van der Waals surface area contributed by atoms with Gasteiger partial charge in [-0.25, -0.2) is 9.07 Å². The van der Waals surface area contributed by atoms with Crippen molar-refractivity contribution >= 4 is 10.9 Å². The summed E-state index contributed by atoms with van der Waals surface area (Å²) < 4.78 is 16.1. The van der Waals surface area contributed by atoms with Crippen LogP contribution in [0.5, 0.6) is 0 Å². The topological polar surface area (TPSA) is 24.3 Å². The van der Waals surface area contributed by atoms with E-state index in [4.69, 9.17) is 5.10 Å². The van der Waals surface area contributed by atoms with E-state index >= 15 is 0 Å². The maximum atomic E-state index is 14.4. The first-order chi connectivity index (χ1) is 14.7. The zero-order chi connectivity index (χ0) is 20.5. The second-order valence-electron chi connectivity index (χ2n) is 7.93. The lowest BCUT2D eigenvalue weighted by Crippen LogP contribution is -2.43. The minimum Gasteiger partial charge on any atom is -0.304 e. The van der Waals surface area contributed by atoms with E-state index in [-0.39, 0.29) is 5.82 Å². The van der Waals surface area contributed by atoms with Crippen LogP contribution in [0.15, 0.2) is 66.7 Å². The van der Waals surface area contributed by atoms with E-state index < -0.39 is 0 Å². The predicted molar refractivity (Wildman–Crippen MR) is 118 cm³/mol. The first kappa shape index (κ1) is 19.0. The quantitative estimate of drug-likeness (QED) is 0.509. The molecule has 1 fully saturated rings. The smallest absolute Gasteiger partial charge is 0.148 e. The van der Waals surface area contributed by atoms with Gasteiger partial charge in [0.05, 0.1) is 5.52 Å². The van der Waals surface area contributed by atoms with Crippen LogP contribution in [0, 0.1) is 11.9 Å². The summed E-state index contributed by atoms with van der Waals surface area (Å²) >= 11 is 0. The van der Waals surface area contributed by atoms with Gasteiger partial charge >= 0.3 is 0 Å². The van der Waals surface area contributed by atoms with Crippen LogP contribution in [0.3, 0.4) is 0 Å². The number of para-hydroxylation sites is 1. The van der Waals surface area contributed by atoms with E-state index in [1.54, 1.807) is 16.8 Å². The van der Waals surface area contributed by atoms with Crippen LogP contribution < -0.4 is 0 Å². The number of piperazine rings is 1. The molecule has 0 unspecified atom stereocenters. The Morgan fingerprint density at radius 3 is 2.50 bits per heavy atom. The molecule has 5 rings (SSSR count). The van der Waals surface area contributed by atoms with Gasteiger partial charge < -0.3 is 4.90 Å². The van der Waals surface area contributed by atoms with Gasteiger partial charge in [0.25, 0.3) is 0 Å². The molecule has 0 atom stereocenters. The fraction of sp³-hybridized carbons (Fsp3) is 0.240. The number of fused-ring (bicyclic) bond motifs is 1. The zero-order valence-corrected chi connectivity index (χ0v) is 17.1. The molecule has 1 saturated heterocycles. The lowest BCUT2D eigenvalue weighted by molar-refractivity contribution is 0.148. The average molecular weight is 399 g/mol. The molecular weight excluding hydrogens is 375 g/mol. The van der Waals surface area contributed by atoms with Gasteiger partial charge in [0.1, 0.15) is 17.2 Å². The number of likely N-dealkylation sites (N-methyl/N-ethyl adjacent to an activating group) is 1. The van der Waals surface area contributed by atoms with Crippen molar-refractivity contribution in [3.05, 3.63) is 84.2 Å². The van der Waals surface area contributed by atoms with Crippen LogP contribution in [0.1, 0.15) is 5.56 Å². The number of rotatable bonds is 4. The van der Waals surface area contributed by atoms with Gasteiger partial charge in [-0.3, -0.25) is 4.90 Å². The first-order valence-corrected chi connectivity index (χ1v) is 10.3. The van der Waals surface area contributed by atoms with Crippen molar-refractivity contribution in [3.8, 4) is 16.9 Å². The van der Waals surface area contributed by atoms with Crippen LogP contribution >= 0.6 is 0 Å². The minimum absolute atomic E-state index is 0.292. The van der Waals surface area contributed by atoms with Crippen molar-refractivity contribution in [3.63, 3.8) is 0 Å². The molecule has 4 nitrogen and oxygen atoms in total. The van der Waals surface area contributed by atoms with Crippen molar-refractivity contribution < 1.29 is 4.39 Å². The highest BCUT2D eigenvalue weighted by molar-refractivity contribution is 5.94. The van der Waals surface area contributed by atoms with Crippen LogP contribution in [0.25, 0.3) is 27.8 Å². The van der Waals surface area contributed by atoms with Crippen molar-refractivity contribution in [2.45, 2.75) is 6.54 Å². The van der Waals surface area contributed by atoms with Crippen LogP contribution in [-0.2, 0) is 6.54 Å². The maximum absolute atomic E-state index is 14.4. The van der Waals surface area contributed by atoms with Crippen molar-refractivity contribution in [2.24, 2.45) is 0 Å². The summed E-state index contributed by atoms with van der Waals surface area (Å²) in [6.45, 7) is 5.41. The lowest BCUT2D eigenvalue weighted by atomic mass is 10.1. The number of benzene rings is 3. The molecule has 0 spiro atoms. The van der Waals surface area contributed by atoms with Gasteiger partial charge in [-0.1, -0.05) is 42.5 Å². The molecule has 4 aromatic rings. The van der Waals surface area contributed by atoms with Crippen molar-refractivity contribution in [2.75, 3.05) is 33.2 Å². The fourth-order valence-electron chi connectivity index (χ4n) is 4.06. The van der Waals surface area contributed by atoms with E-state index in [1.807, 2.05) is 24.3 Å². The van der Waals surface area contributed by atoms with E-state index in [1.165, 1.54) is 11.6 Å². The summed E-state index contributed by atoms with van der Waals surface area (Å²) in [4.78, 5) is 4.86. The molecule has 30 heavy (non-hydrogen) atoms. The Morgan fingerprint density at radius 2 is 1.73 bits per heavy atom. The van der Waals surface area contributed by atoms with Gasteiger partial charge in [-0.15, -0.1) is 0 Å². The minimum atomic E-state index is -0.292. The van der Waals surface area contributed by atoms with Gasteiger partial charge in [0, 0.05) is 43.7 Å². The summed E-state index contributed by atoms with van der Waals surface area (Å²) in [5.41, 5.74) is 4.48. The van der Waals surface area contributed by atoms with Gasteiger partial charge in [-0.05, 0) is 42.9 Å². The second kappa shape index (κ2) is 8.01. The van der Waals surface area contributed by atoms with Crippen LogP contribution in [0.4, 0.5) is 4.39 Å². The van der Waals surface area contributed by atoms with E-state index in [2.05, 4.69) is 47.2 Å². The summed E-state index contributed by atoms with van der Waals surface area (Å²) in [5.74, 6) is -0.292. The van der Waals surface area contributed by atoms with E-state index in [0.29, 0.717) is 5.69 Å². The lowest BCUT2D eigenvalue weighted by Gasteiger charge is -2.32. The first-order valence-electron chi connectivity index (χ1n) is 10.3. The Kier molecular flexibility index (Phi) is 5.07. The predicted octanol–water partition coefficient (Wildman–Crippen LogP) is 4.38. The molecule has 0 bridgehead atoms. The summed E-state index contributed by atoms with van der Waals surface area (Å²) in [6, 6.07) is 24.1. The highest BCUT2D eigenvalue weighted by atomic mass is 19.1. The summed E-state index contributed by atoms with van der Waals surface area (Å²) in [5, 5.41) is 5.77. The molecule has 0 amide bonds. The van der Waals surface area contributed by atoms with E-state index in [9.17, 15) is 4.39 Å². The molecular formula is C25H24FN4. The normalized spacial score (nSPS) is 15.7. The Balaban J connectivity index is 1.47. The Labute approximate surface area is 176 Å². The van der Waals surface area contributed by atoms with Crippen LogP contribution in [-0.4, -0.2) is 52.8 Å². The average Bonchev–Trinajstić information content (AvgIpc) is 3.16. The third kappa shape index (κ3) is 3.62. The standard InChI is InChI=1S/C25H24FN4/c1-28-14-16-29(17-15-28)18-19-10-12-20(13-11-19)25-21-6-2-4-8-23(21)30(27-25)24-9-5-3-7-22(24)26/h2-3,5-13H,14-18H2,1H3. The van der Waals surface area contributed by atoms with Gasteiger partial charge in [0.15, 0.2) is 0 Å². The maximum Gasteiger partial charge on any atom is 0.148 e. The fourth-order valence-corrected chi connectivity index (χ4v) is 4.06. The highest BCUT2D eigenvalue weighted by Gasteiger charge is 2.16. The molecule has 1 aromatic heterocycles. The molecule has 2 heterocycles. The third-order valence-electron chi connectivity index (χ3n) is 5.84. The molecule has 1 radical (unpaired) electrons. The number of hydrogen-bond acceptors (Lipinski definition) is 3. The van der Waals surface area contributed by atoms with Crippen molar-refractivity contribution in [1.82, 2.24) is 19.6 Å². The van der Waals surface area contributed by atoms with E-state index in [0.717, 1.165) is 54.9 Å². The summed E-state index contributed by atoms with van der Waals surface area (Å²) in [7, 11) is 2.18. The zero-order valence-electron chi connectivity index (χ0n) is 17.1. The molecule has 1 aliphatic heterocycles. The number of nitrogens with zero attached hydrogens (tertiary/aromatic N) is 4. The third-order valence-corrected chi connectivity index (χ3v) is 5.84. The number of halogens is 1. The monoisotopic (exact) mass is 399 g/mol. The Hall–Kier alpha value is -3.02. The molecule has 0 N–H and O–H groups in total. The molecule has 3 aromatic carbocycles. The second-order valence-corrected chi connectivity index (χ2v) is 7.93. The summed E-state index contributed by atoms with van der Waals surface area (Å²) in [6.07, 6.45) is 0. The van der Waals surface area contributed by atoms with Crippen LogP contribution in [0.2, 0.25) is 0 Å². The largest absolute Gasteiger partial charge is 0.304 e. The Bertz CT molecular complexity index is 1160. The van der Waals surface area contributed by atoms with Gasteiger partial charge in [-0.2, -0.15) is 5.10 Å². The SMILES string of the molecule is CN1CCN(Cc2ccc(-c3nn(-c4ccccc4F)c4c[c]ccc34)cc2)CC1. The molecule has 0 saturated carbocycles. The molecule has 0 aliphatic carbocycles. The number of aromatic nitrogens is 2. The molecule has 1 aliphatic rings. The Morgan fingerprint density at radius 1 is 0.967 bits per heavy atom.